The van der Waals surface area contributed by atoms with E-state index in [0.717, 1.165) is 6.42 Å². The summed E-state index contributed by atoms with van der Waals surface area (Å²) in [5.41, 5.74) is 0.341. The van der Waals surface area contributed by atoms with E-state index in [1.165, 1.54) is 13.1 Å². The largest absolute Gasteiger partial charge is 0.494 e. The number of pyridine rings is 1. The Labute approximate surface area is 151 Å². The zero-order valence-electron chi connectivity index (χ0n) is 14.0. The van der Waals surface area contributed by atoms with Crippen LogP contribution in [0.2, 0.25) is 5.02 Å². The summed E-state index contributed by atoms with van der Waals surface area (Å²) in [6.07, 6.45) is 1.34. The van der Waals surface area contributed by atoms with Crippen LogP contribution in [0.3, 0.4) is 0 Å². The third-order valence-corrected chi connectivity index (χ3v) is 3.42. The lowest BCUT2D eigenvalue weighted by molar-refractivity contribution is -0.123. The molecule has 0 aliphatic heterocycles. The summed E-state index contributed by atoms with van der Waals surface area (Å²) in [7, 11) is 0. The highest BCUT2D eigenvalue weighted by atomic mass is 35.5. The van der Waals surface area contributed by atoms with Crippen molar-refractivity contribution in [3.05, 3.63) is 53.2 Å². The van der Waals surface area contributed by atoms with Crippen molar-refractivity contribution >= 4 is 29.3 Å². The van der Waals surface area contributed by atoms with Crippen LogP contribution in [0.1, 0.15) is 30.6 Å². The number of carbonyl (C=O) groups excluding carboxylic acids is 2. The number of esters is 1. The minimum absolute atomic E-state index is 0.328. The molecule has 1 aromatic heterocycles. The first kappa shape index (κ1) is 18.7. The van der Waals surface area contributed by atoms with E-state index in [9.17, 15) is 9.59 Å². The molecule has 0 aliphatic rings. The average Bonchev–Trinajstić information content (AvgIpc) is 2.62. The number of amides is 1. The SMILES string of the molecule is CCCOc1ccc(C(=O)O[C@@H](C)C(=O)Nc2ccc(Cl)cn2)cc1. The van der Waals surface area contributed by atoms with E-state index in [1.54, 1.807) is 36.4 Å². The molecular formula is C18H19ClN2O4. The van der Waals surface area contributed by atoms with E-state index in [2.05, 4.69) is 10.3 Å². The van der Waals surface area contributed by atoms with Crippen molar-refractivity contribution in [2.24, 2.45) is 0 Å². The lowest BCUT2D eigenvalue weighted by Crippen LogP contribution is -2.30. The first-order chi connectivity index (χ1) is 12.0. The van der Waals surface area contributed by atoms with Crippen molar-refractivity contribution in [2.45, 2.75) is 26.4 Å². The Bertz CT molecular complexity index is 717. The zero-order chi connectivity index (χ0) is 18.2. The highest BCUT2D eigenvalue weighted by Gasteiger charge is 2.19. The smallest absolute Gasteiger partial charge is 0.338 e. The molecule has 1 aromatic carbocycles. The summed E-state index contributed by atoms with van der Waals surface area (Å²) in [5.74, 6) is -0.0624. The van der Waals surface area contributed by atoms with Gasteiger partial charge in [-0.2, -0.15) is 0 Å². The fourth-order valence-corrected chi connectivity index (χ4v) is 1.98. The molecule has 0 saturated heterocycles. The number of halogens is 1. The van der Waals surface area contributed by atoms with Crippen molar-refractivity contribution in [2.75, 3.05) is 11.9 Å². The lowest BCUT2D eigenvalue weighted by Gasteiger charge is -2.13. The standard InChI is InChI=1S/C18H19ClN2O4/c1-3-10-24-15-7-4-13(5-8-15)18(23)25-12(2)17(22)21-16-9-6-14(19)11-20-16/h4-9,11-12H,3,10H2,1-2H3,(H,20,21,22)/t12-/m0/s1. The van der Waals surface area contributed by atoms with E-state index in [-0.39, 0.29) is 0 Å². The molecule has 0 bridgehead atoms. The number of benzene rings is 1. The summed E-state index contributed by atoms with van der Waals surface area (Å²) >= 11 is 5.73. The number of rotatable bonds is 7. The number of ether oxygens (including phenoxy) is 2. The lowest BCUT2D eigenvalue weighted by atomic mass is 10.2. The Balaban J connectivity index is 1.90. The second-order valence-electron chi connectivity index (χ2n) is 5.27. The van der Waals surface area contributed by atoms with Crippen molar-refractivity contribution in [1.29, 1.82) is 0 Å². The van der Waals surface area contributed by atoms with Gasteiger partial charge in [0.15, 0.2) is 6.10 Å². The topological polar surface area (TPSA) is 77.5 Å². The van der Waals surface area contributed by atoms with Gasteiger partial charge in [0.05, 0.1) is 17.2 Å². The van der Waals surface area contributed by atoms with Crippen LogP contribution in [0.15, 0.2) is 42.6 Å². The van der Waals surface area contributed by atoms with Crippen molar-refractivity contribution in [3.8, 4) is 5.75 Å². The molecule has 2 rings (SSSR count). The Morgan fingerprint density at radius 1 is 1.20 bits per heavy atom. The third kappa shape index (κ3) is 5.76. The van der Waals surface area contributed by atoms with Gasteiger partial charge in [-0.15, -0.1) is 0 Å². The van der Waals surface area contributed by atoms with Gasteiger partial charge < -0.3 is 14.8 Å². The molecule has 7 heteroatoms. The second-order valence-corrected chi connectivity index (χ2v) is 5.71. The van der Waals surface area contributed by atoms with Crippen LogP contribution in [0.25, 0.3) is 0 Å². The Hall–Kier alpha value is -2.60. The molecule has 2 aromatic rings. The minimum Gasteiger partial charge on any atom is -0.494 e. The van der Waals surface area contributed by atoms with E-state index >= 15 is 0 Å². The molecule has 0 spiro atoms. The van der Waals surface area contributed by atoms with Crippen molar-refractivity contribution in [1.82, 2.24) is 4.98 Å². The maximum absolute atomic E-state index is 12.1. The van der Waals surface area contributed by atoms with Gasteiger partial charge in [-0.3, -0.25) is 4.79 Å². The fourth-order valence-electron chi connectivity index (χ4n) is 1.87. The van der Waals surface area contributed by atoms with Crippen LogP contribution in [-0.2, 0) is 9.53 Å². The van der Waals surface area contributed by atoms with Crippen LogP contribution in [0, 0.1) is 0 Å². The number of hydrogen-bond acceptors (Lipinski definition) is 5. The van der Waals surface area contributed by atoms with Crippen LogP contribution in [-0.4, -0.2) is 29.6 Å². The molecule has 1 N–H and O–H groups in total. The van der Waals surface area contributed by atoms with E-state index in [4.69, 9.17) is 21.1 Å². The number of nitrogens with one attached hydrogen (secondary N) is 1. The molecule has 1 amide bonds. The summed E-state index contributed by atoms with van der Waals surface area (Å²) in [6.45, 7) is 4.11. The molecule has 1 heterocycles. The van der Waals surface area contributed by atoms with E-state index < -0.39 is 18.0 Å². The van der Waals surface area contributed by atoms with Crippen molar-refractivity contribution < 1.29 is 19.1 Å². The predicted octanol–water partition coefficient (Wildman–Crippen LogP) is 3.71. The van der Waals surface area contributed by atoms with Crippen molar-refractivity contribution in [3.63, 3.8) is 0 Å². The zero-order valence-corrected chi connectivity index (χ0v) is 14.7. The molecule has 6 nitrogen and oxygen atoms in total. The number of hydrogen-bond donors (Lipinski definition) is 1. The summed E-state index contributed by atoms with van der Waals surface area (Å²) in [4.78, 5) is 28.1. The molecule has 0 fully saturated rings. The maximum Gasteiger partial charge on any atom is 0.338 e. The Morgan fingerprint density at radius 2 is 1.92 bits per heavy atom. The quantitative estimate of drug-likeness (QED) is 0.760. The van der Waals surface area contributed by atoms with Gasteiger partial charge in [0.2, 0.25) is 0 Å². The second kappa shape index (κ2) is 9.03. The minimum atomic E-state index is -0.971. The van der Waals surface area contributed by atoms with Crippen LogP contribution in [0.5, 0.6) is 5.75 Å². The Morgan fingerprint density at radius 3 is 2.52 bits per heavy atom. The number of carbonyl (C=O) groups is 2. The average molecular weight is 363 g/mol. The molecule has 132 valence electrons. The van der Waals surface area contributed by atoms with Gasteiger partial charge in [0.1, 0.15) is 11.6 Å². The first-order valence-electron chi connectivity index (χ1n) is 7.86. The number of aromatic nitrogens is 1. The highest BCUT2D eigenvalue weighted by molar-refractivity contribution is 6.30. The number of anilines is 1. The van der Waals surface area contributed by atoms with Gasteiger partial charge >= 0.3 is 5.97 Å². The fraction of sp³-hybridized carbons (Fsp3) is 0.278. The summed E-state index contributed by atoms with van der Waals surface area (Å²) in [6, 6.07) is 9.73. The number of nitrogens with zero attached hydrogens (tertiary/aromatic N) is 1. The van der Waals surface area contributed by atoms with Gasteiger partial charge in [0.25, 0.3) is 5.91 Å². The molecule has 1 atom stereocenters. The highest BCUT2D eigenvalue weighted by Crippen LogP contribution is 2.14. The monoisotopic (exact) mass is 362 g/mol. The third-order valence-electron chi connectivity index (χ3n) is 3.19. The van der Waals surface area contributed by atoms with Gasteiger partial charge in [0, 0.05) is 6.20 Å². The van der Waals surface area contributed by atoms with Gasteiger partial charge in [-0.1, -0.05) is 18.5 Å². The molecule has 0 radical (unpaired) electrons. The van der Waals surface area contributed by atoms with E-state index in [1.807, 2.05) is 6.92 Å². The molecular weight excluding hydrogens is 344 g/mol. The molecule has 25 heavy (non-hydrogen) atoms. The van der Waals surface area contributed by atoms with Crippen LogP contribution < -0.4 is 10.1 Å². The van der Waals surface area contributed by atoms with E-state index in [0.29, 0.717) is 28.8 Å². The molecule has 0 aliphatic carbocycles. The Kier molecular flexibility index (Phi) is 6.77. The van der Waals surface area contributed by atoms with Gasteiger partial charge in [-0.05, 0) is 49.7 Å². The van der Waals surface area contributed by atoms with Gasteiger partial charge in [-0.25, -0.2) is 9.78 Å². The van der Waals surface area contributed by atoms with Crippen LogP contribution >= 0.6 is 11.6 Å². The molecule has 0 saturated carbocycles. The predicted molar refractivity (Wildman–Crippen MR) is 95.0 cm³/mol. The van der Waals surface area contributed by atoms with Crippen LogP contribution in [0.4, 0.5) is 5.82 Å². The normalized spacial score (nSPS) is 11.5. The summed E-state index contributed by atoms with van der Waals surface area (Å²) < 4.78 is 10.6. The first-order valence-corrected chi connectivity index (χ1v) is 8.23. The maximum atomic E-state index is 12.1. The summed E-state index contributed by atoms with van der Waals surface area (Å²) in [5, 5.41) is 3.01. The molecule has 0 unspecified atom stereocenters.